The van der Waals surface area contributed by atoms with Gasteiger partial charge in [0.05, 0.1) is 25.5 Å². The molecule has 1 aromatic heterocycles. The summed E-state index contributed by atoms with van der Waals surface area (Å²) in [7, 11) is 2.79. The summed E-state index contributed by atoms with van der Waals surface area (Å²) in [6.45, 7) is 3.63. The molecule has 7 nitrogen and oxygen atoms in total. The second-order valence-electron chi connectivity index (χ2n) is 7.15. The van der Waals surface area contributed by atoms with E-state index in [1.165, 1.54) is 25.0 Å². The van der Waals surface area contributed by atoms with Gasteiger partial charge >= 0.3 is 5.97 Å². The fourth-order valence-electron chi connectivity index (χ4n) is 3.32. The highest BCUT2D eigenvalue weighted by molar-refractivity contribution is 6.07. The van der Waals surface area contributed by atoms with Crippen molar-refractivity contribution in [3.05, 3.63) is 70.6 Å². The van der Waals surface area contributed by atoms with E-state index in [9.17, 15) is 14.4 Å². The number of ether oxygens (including phenoxy) is 2. The van der Waals surface area contributed by atoms with Gasteiger partial charge in [-0.1, -0.05) is 44.2 Å². The second kappa shape index (κ2) is 8.82. The number of amides is 1. The Morgan fingerprint density at radius 2 is 1.60 bits per heavy atom. The zero-order chi connectivity index (χ0) is 21.8. The maximum atomic E-state index is 13.2. The molecule has 0 aliphatic heterocycles. The van der Waals surface area contributed by atoms with Crippen LogP contribution in [0.2, 0.25) is 0 Å². The van der Waals surface area contributed by atoms with Crippen molar-refractivity contribution in [2.45, 2.75) is 19.9 Å². The van der Waals surface area contributed by atoms with Crippen LogP contribution in [-0.2, 0) is 9.53 Å². The smallest absolute Gasteiger partial charge is 0.328 e. The minimum atomic E-state index is -0.812. The van der Waals surface area contributed by atoms with Gasteiger partial charge < -0.3 is 14.8 Å². The molecule has 0 saturated carbocycles. The summed E-state index contributed by atoms with van der Waals surface area (Å²) < 4.78 is 11.6. The number of benzene rings is 2. The Kier molecular flexibility index (Phi) is 6.20. The third kappa shape index (κ3) is 3.91. The number of carbonyl (C=O) groups is 2. The minimum Gasteiger partial charge on any atom is -0.495 e. The lowest BCUT2D eigenvalue weighted by Crippen LogP contribution is -2.45. The van der Waals surface area contributed by atoms with E-state index in [1.54, 1.807) is 48.5 Å². The van der Waals surface area contributed by atoms with Crippen LogP contribution in [0.5, 0.6) is 5.75 Å². The van der Waals surface area contributed by atoms with Gasteiger partial charge in [-0.15, -0.1) is 0 Å². The molecule has 0 radical (unpaired) electrons. The molecular weight excluding hydrogens is 384 g/mol. The Hall–Kier alpha value is -3.61. The number of para-hydroxylation sites is 2. The quantitative estimate of drug-likeness (QED) is 0.634. The average Bonchev–Trinajstić information content (AvgIpc) is 2.77. The molecule has 1 N–H and O–H groups in total. The van der Waals surface area contributed by atoms with Gasteiger partial charge in [0.15, 0.2) is 0 Å². The molecule has 0 aliphatic rings. The van der Waals surface area contributed by atoms with Crippen LogP contribution in [-0.4, -0.2) is 36.7 Å². The van der Waals surface area contributed by atoms with E-state index in [0.717, 1.165) is 0 Å². The lowest BCUT2D eigenvalue weighted by atomic mass is 10.0. The molecule has 0 fully saturated rings. The number of pyridine rings is 1. The van der Waals surface area contributed by atoms with Crippen LogP contribution >= 0.6 is 0 Å². The molecule has 1 heterocycles. The van der Waals surface area contributed by atoms with E-state index in [2.05, 4.69) is 5.32 Å². The number of aromatic nitrogens is 1. The number of nitrogens with one attached hydrogen (secondary N) is 1. The van der Waals surface area contributed by atoms with Crippen molar-refractivity contribution >= 4 is 22.6 Å². The van der Waals surface area contributed by atoms with Crippen molar-refractivity contribution in [1.29, 1.82) is 0 Å². The first kappa shape index (κ1) is 21.1. The van der Waals surface area contributed by atoms with Crippen molar-refractivity contribution < 1.29 is 19.1 Å². The van der Waals surface area contributed by atoms with E-state index in [1.807, 2.05) is 13.8 Å². The Morgan fingerprint density at radius 3 is 2.23 bits per heavy atom. The molecule has 2 aromatic carbocycles. The van der Waals surface area contributed by atoms with Crippen LogP contribution in [0.3, 0.4) is 0 Å². The third-order valence-corrected chi connectivity index (χ3v) is 4.92. The first-order valence-electron chi connectivity index (χ1n) is 9.55. The largest absolute Gasteiger partial charge is 0.495 e. The number of rotatable bonds is 6. The van der Waals surface area contributed by atoms with Gasteiger partial charge in [0, 0.05) is 17.0 Å². The molecule has 0 saturated heterocycles. The average molecular weight is 408 g/mol. The summed E-state index contributed by atoms with van der Waals surface area (Å²) in [6.07, 6.45) is 1.48. The van der Waals surface area contributed by atoms with E-state index >= 15 is 0 Å². The van der Waals surface area contributed by atoms with Crippen molar-refractivity contribution in [2.24, 2.45) is 5.92 Å². The SMILES string of the molecule is COC(=O)[C@@H](NC(=O)c1cn(-c2ccccc2OC)c(=O)c2ccccc12)C(C)C. The molecule has 156 valence electrons. The highest BCUT2D eigenvalue weighted by Crippen LogP contribution is 2.24. The predicted octanol–water partition coefficient (Wildman–Crippen LogP) is 2.93. The Balaban J connectivity index is 2.20. The van der Waals surface area contributed by atoms with Crippen LogP contribution in [0.1, 0.15) is 24.2 Å². The molecule has 0 spiro atoms. The Labute approximate surface area is 174 Å². The van der Waals surface area contributed by atoms with Gasteiger partial charge in [0.1, 0.15) is 11.8 Å². The van der Waals surface area contributed by atoms with Crippen LogP contribution in [0.4, 0.5) is 0 Å². The third-order valence-electron chi connectivity index (χ3n) is 4.92. The molecule has 0 bridgehead atoms. The number of esters is 1. The number of fused-ring (bicyclic) bond motifs is 1. The molecule has 3 rings (SSSR count). The fraction of sp³-hybridized carbons (Fsp3) is 0.261. The standard InChI is InChI=1S/C23H24N2O5/c1-14(2)20(23(28)30-4)24-21(26)17-13-25(18-11-7-8-12-19(18)29-3)22(27)16-10-6-5-9-15(16)17/h5-14,20H,1-4H3,(H,24,26)/t20-/m0/s1. The first-order valence-corrected chi connectivity index (χ1v) is 9.55. The zero-order valence-corrected chi connectivity index (χ0v) is 17.3. The van der Waals surface area contributed by atoms with Crippen LogP contribution in [0, 0.1) is 5.92 Å². The summed E-state index contributed by atoms with van der Waals surface area (Å²) >= 11 is 0. The van der Waals surface area contributed by atoms with Crippen LogP contribution in [0.25, 0.3) is 16.5 Å². The maximum Gasteiger partial charge on any atom is 0.328 e. The van der Waals surface area contributed by atoms with Crippen LogP contribution < -0.4 is 15.6 Å². The predicted molar refractivity (Wildman–Crippen MR) is 114 cm³/mol. The summed E-state index contributed by atoms with van der Waals surface area (Å²) in [4.78, 5) is 38.4. The Morgan fingerprint density at radius 1 is 0.967 bits per heavy atom. The number of hydrogen-bond acceptors (Lipinski definition) is 5. The summed E-state index contributed by atoms with van der Waals surface area (Å²) in [6, 6.07) is 13.1. The molecule has 1 amide bonds. The number of nitrogens with zero attached hydrogens (tertiary/aromatic N) is 1. The number of carbonyl (C=O) groups excluding carboxylic acids is 2. The van der Waals surface area contributed by atoms with Crippen LogP contribution in [0.15, 0.2) is 59.5 Å². The van der Waals surface area contributed by atoms with Gasteiger partial charge in [0.2, 0.25) is 0 Å². The minimum absolute atomic E-state index is 0.173. The molecule has 30 heavy (non-hydrogen) atoms. The monoisotopic (exact) mass is 408 g/mol. The van der Waals surface area contributed by atoms with Crippen molar-refractivity contribution in [3.63, 3.8) is 0 Å². The maximum absolute atomic E-state index is 13.2. The van der Waals surface area contributed by atoms with E-state index in [-0.39, 0.29) is 17.0 Å². The van der Waals surface area contributed by atoms with Gasteiger partial charge in [-0.05, 0) is 24.1 Å². The van der Waals surface area contributed by atoms with Gasteiger partial charge in [0.25, 0.3) is 11.5 Å². The molecule has 0 aliphatic carbocycles. The van der Waals surface area contributed by atoms with Crippen molar-refractivity contribution in [1.82, 2.24) is 9.88 Å². The summed E-state index contributed by atoms with van der Waals surface area (Å²) in [5, 5.41) is 3.63. The number of hydrogen-bond donors (Lipinski definition) is 1. The topological polar surface area (TPSA) is 86.6 Å². The second-order valence-corrected chi connectivity index (χ2v) is 7.15. The Bertz CT molecular complexity index is 1150. The molecule has 1 atom stereocenters. The van der Waals surface area contributed by atoms with Crippen molar-refractivity contribution in [2.75, 3.05) is 14.2 Å². The molecule has 0 unspecified atom stereocenters. The highest BCUT2D eigenvalue weighted by atomic mass is 16.5. The van der Waals surface area contributed by atoms with Gasteiger partial charge in [-0.3, -0.25) is 14.2 Å². The lowest BCUT2D eigenvalue weighted by molar-refractivity contribution is -0.144. The van der Waals surface area contributed by atoms with E-state index in [4.69, 9.17) is 9.47 Å². The molecule has 3 aromatic rings. The van der Waals surface area contributed by atoms with E-state index < -0.39 is 17.9 Å². The first-order chi connectivity index (χ1) is 14.4. The fourth-order valence-corrected chi connectivity index (χ4v) is 3.32. The number of methoxy groups -OCH3 is 2. The van der Waals surface area contributed by atoms with Gasteiger partial charge in [-0.25, -0.2) is 4.79 Å². The lowest BCUT2D eigenvalue weighted by Gasteiger charge is -2.21. The highest BCUT2D eigenvalue weighted by Gasteiger charge is 2.27. The summed E-state index contributed by atoms with van der Waals surface area (Å²) in [5.41, 5.74) is 0.504. The normalized spacial score (nSPS) is 11.9. The van der Waals surface area contributed by atoms with Gasteiger partial charge in [-0.2, -0.15) is 0 Å². The van der Waals surface area contributed by atoms with Crippen molar-refractivity contribution in [3.8, 4) is 11.4 Å². The van der Waals surface area contributed by atoms with E-state index in [0.29, 0.717) is 22.2 Å². The molecule has 7 heteroatoms. The zero-order valence-electron chi connectivity index (χ0n) is 17.3. The summed E-state index contributed by atoms with van der Waals surface area (Å²) in [5.74, 6) is -0.678. The molecular formula is C23H24N2O5.